The average Bonchev–Trinajstić information content (AvgIpc) is 2.58. The summed E-state index contributed by atoms with van der Waals surface area (Å²) in [7, 11) is 1.01. The van der Waals surface area contributed by atoms with E-state index >= 15 is 0 Å². The molecular weight excluding hydrogens is 135 g/mol. The maximum Gasteiger partial charge on any atom is 0.183 e. The normalized spacial score (nSPS) is 14.4. The van der Waals surface area contributed by atoms with E-state index in [9.17, 15) is 0 Å². The zero-order valence-corrected chi connectivity index (χ0v) is 6.07. The molecule has 52 valence electrons. The first-order valence-corrected chi connectivity index (χ1v) is 3.58. The molecule has 2 heterocycles. The highest BCUT2D eigenvalue weighted by molar-refractivity contribution is 6.66. The Morgan fingerprint density at radius 2 is 2.00 bits per heavy atom. The van der Waals surface area contributed by atoms with Crippen LogP contribution in [0.5, 0.6) is 0 Å². The number of hydrogen-bond donors (Lipinski definition) is 0. The maximum atomic E-state index is 3.95. The van der Waals surface area contributed by atoms with Gasteiger partial charge in [0.2, 0.25) is 0 Å². The summed E-state index contributed by atoms with van der Waals surface area (Å²) in [6.45, 7) is 0. The zero-order valence-electron chi connectivity index (χ0n) is 6.07. The molecule has 0 atom stereocenters. The summed E-state index contributed by atoms with van der Waals surface area (Å²) < 4.78 is 0. The molecule has 1 aromatic rings. The number of nitrogens with zero attached hydrogens (tertiary/aromatic N) is 2. The standard InChI is InChI=1S/C8H7BN2/c1-2-8(9-3-1)7-4-10-6-11-5-7/h1-6,9H. The Bertz CT molecular complexity index is 303. The quantitative estimate of drug-likeness (QED) is 0.541. The first kappa shape index (κ1) is 6.34. The van der Waals surface area contributed by atoms with E-state index in [4.69, 9.17) is 0 Å². The fraction of sp³-hybridized carbons (Fsp3) is 0. The lowest BCUT2D eigenvalue weighted by molar-refractivity contribution is 1.16. The minimum atomic E-state index is 1.01. The Labute approximate surface area is 65.9 Å². The van der Waals surface area contributed by atoms with Crippen molar-refractivity contribution in [3.8, 4) is 0 Å². The van der Waals surface area contributed by atoms with Crippen molar-refractivity contribution in [1.82, 2.24) is 9.97 Å². The molecule has 0 amide bonds. The molecule has 0 fully saturated rings. The largest absolute Gasteiger partial charge is 0.244 e. The van der Waals surface area contributed by atoms with Crippen molar-refractivity contribution in [1.29, 1.82) is 0 Å². The van der Waals surface area contributed by atoms with E-state index in [1.165, 1.54) is 5.47 Å². The summed E-state index contributed by atoms with van der Waals surface area (Å²) in [5.74, 6) is 2.13. The topological polar surface area (TPSA) is 25.8 Å². The molecule has 0 bridgehead atoms. The van der Waals surface area contributed by atoms with Crippen LogP contribution in [0.1, 0.15) is 5.56 Å². The van der Waals surface area contributed by atoms with Gasteiger partial charge in [0.25, 0.3) is 0 Å². The Kier molecular flexibility index (Phi) is 1.56. The summed E-state index contributed by atoms with van der Waals surface area (Å²) >= 11 is 0. The minimum absolute atomic E-state index is 1.01. The Hall–Kier alpha value is -1.38. The van der Waals surface area contributed by atoms with Crippen LogP contribution < -0.4 is 0 Å². The maximum absolute atomic E-state index is 3.95. The first-order chi connectivity index (χ1) is 5.47. The average molecular weight is 142 g/mol. The van der Waals surface area contributed by atoms with Crippen molar-refractivity contribution in [2.45, 2.75) is 0 Å². The molecular formula is C8H7BN2. The van der Waals surface area contributed by atoms with Crippen molar-refractivity contribution in [2.75, 3.05) is 0 Å². The van der Waals surface area contributed by atoms with Crippen LogP contribution >= 0.6 is 0 Å². The molecule has 0 radical (unpaired) electrons. The summed E-state index contributed by atoms with van der Waals surface area (Å²) in [6.07, 6.45) is 9.38. The Morgan fingerprint density at radius 1 is 1.18 bits per heavy atom. The van der Waals surface area contributed by atoms with Crippen LogP contribution in [0.15, 0.2) is 36.8 Å². The molecule has 1 aromatic heterocycles. The molecule has 1 aliphatic rings. The van der Waals surface area contributed by atoms with Gasteiger partial charge in [0, 0.05) is 18.0 Å². The van der Waals surface area contributed by atoms with Gasteiger partial charge < -0.3 is 0 Å². The van der Waals surface area contributed by atoms with Gasteiger partial charge in [0.05, 0.1) is 0 Å². The van der Waals surface area contributed by atoms with Gasteiger partial charge in [-0.05, 0) is 0 Å². The number of aromatic nitrogens is 2. The van der Waals surface area contributed by atoms with Gasteiger partial charge >= 0.3 is 0 Å². The molecule has 11 heavy (non-hydrogen) atoms. The highest BCUT2D eigenvalue weighted by Crippen LogP contribution is 2.14. The van der Waals surface area contributed by atoms with Crippen LogP contribution in [0.2, 0.25) is 0 Å². The number of hydrogen-bond acceptors (Lipinski definition) is 2. The second kappa shape index (κ2) is 2.70. The minimum Gasteiger partial charge on any atom is -0.244 e. The summed E-state index contributed by atoms with van der Waals surface area (Å²) in [5.41, 5.74) is 2.42. The third-order valence-corrected chi connectivity index (χ3v) is 1.70. The lowest BCUT2D eigenvalue weighted by Crippen LogP contribution is -1.90. The van der Waals surface area contributed by atoms with Crippen molar-refractivity contribution in [2.24, 2.45) is 0 Å². The van der Waals surface area contributed by atoms with Crippen molar-refractivity contribution in [3.63, 3.8) is 0 Å². The predicted octanol–water partition coefficient (Wildman–Crippen LogP) is 0.781. The van der Waals surface area contributed by atoms with E-state index in [1.54, 1.807) is 6.33 Å². The molecule has 0 unspecified atom stereocenters. The highest BCUT2D eigenvalue weighted by Gasteiger charge is 2.03. The third-order valence-electron chi connectivity index (χ3n) is 1.70. The van der Waals surface area contributed by atoms with Gasteiger partial charge in [-0.2, -0.15) is 0 Å². The molecule has 0 saturated carbocycles. The molecule has 0 N–H and O–H groups in total. The van der Waals surface area contributed by atoms with Crippen LogP contribution in [-0.2, 0) is 0 Å². The fourth-order valence-electron chi connectivity index (χ4n) is 1.13. The van der Waals surface area contributed by atoms with E-state index in [-0.39, 0.29) is 0 Å². The third kappa shape index (κ3) is 1.22. The molecule has 1 aliphatic heterocycles. The molecule has 2 nitrogen and oxygen atoms in total. The van der Waals surface area contributed by atoms with Gasteiger partial charge in [-0.25, -0.2) is 9.97 Å². The van der Waals surface area contributed by atoms with Crippen molar-refractivity contribution in [3.05, 3.63) is 42.4 Å². The molecule has 3 heteroatoms. The van der Waals surface area contributed by atoms with Gasteiger partial charge in [0.1, 0.15) is 6.33 Å². The zero-order chi connectivity index (χ0) is 7.52. The van der Waals surface area contributed by atoms with E-state index in [1.807, 2.05) is 12.4 Å². The second-order valence-corrected chi connectivity index (χ2v) is 2.45. The molecule has 0 saturated heterocycles. The highest BCUT2D eigenvalue weighted by atomic mass is 14.8. The summed E-state index contributed by atoms with van der Waals surface area (Å²) in [5, 5.41) is 0. The molecule has 0 aromatic carbocycles. The van der Waals surface area contributed by atoms with E-state index in [0.717, 1.165) is 12.8 Å². The van der Waals surface area contributed by atoms with Crippen LogP contribution in [0.4, 0.5) is 0 Å². The monoisotopic (exact) mass is 142 g/mol. The molecule has 0 aliphatic carbocycles. The van der Waals surface area contributed by atoms with E-state index in [2.05, 4.69) is 28.1 Å². The van der Waals surface area contributed by atoms with Gasteiger partial charge in [0.15, 0.2) is 7.28 Å². The Balaban J connectivity index is 2.31. The van der Waals surface area contributed by atoms with Gasteiger partial charge in [-0.1, -0.05) is 17.6 Å². The van der Waals surface area contributed by atoms with E-state index in [0.29, 0.717) is 0 Å². The number of rotatable bonds is 1. The SMILES string of the molecule is B1C=CC=C1c1cncnc1. The van der Waals surface area contributed by atoms with Gasteiger partial charge in [-0.15, -0.1) is 5.98 Å². The van der Waals surface area contributed by atoms with Crippen LogP contribution in [0, 0.1) is 0 Å². The summed E-state index contributed by atoms with van der Waals surface area (Å²) in [4.78, 5) is 7.90. The Morgan fingerprint density at radius 3 is 2.64 bits per heavy atom. The fourth-order valence-corrected chi connectivity index (χ4v) is 1.13. The summed E-state index contributed by atoms with van der Waals surface area (Å²) in [6, 6.07) is 0. The van der Waals surface area contributed by atoms with Crippen molar-refractivity contribution < 1.29 is 0 Å². The lowest BCUT2D eigenvalue weighted by Gasteiger charge is -1.96. The van der Waals surface area contributed by atoms with Crippen molar-refractivity contribution >= 4 is 12.8 Å². The second-order valence-electron chi connectivity index (χ2n) is 2.45. The molecule has 2 rings (SSSR count). The predicted molar refractivity (Wildman–Crippen MR) is 46.3 cm³/mol. The van der Waals surface area contributed by atoms with Crippen LogP contribution in [0.25, 0.3) is 5.47 Å². The lowest BCUT2D eigenvalue weighted by atomic mass is 9.70. The first-order valence-electron chi connectivity index (χ1n) is 3.58. The van der Waals surface area contributed by atoms with E-state index < -0.39 is 0 Å². The van der Waals surface area contributed by atoms with Crippen LogP contribution in [0.3, 0.4) is 0 Å². The number of allylic oxidation sites excluding steroid dienone is 2. The van der Waals surface area contributed by atoms with Crippen LogP contribution in [-0.4, -0.2) is 17.2 Å². The smallest absolute Gasteiger partial charge is 0.183 e. The van der Waals surface area contributed by atoms with Gasteiger partial charge in [-0.3, -0.25) is 0 Å². The molecule has 0 spiro atoms.